The Morgan fingerprint density at radius 1 is 1.36 bits per heavy atom. The average Bonchev–Trinajstić information content (AvgIpc) is 3.01. The van der Waals surface area contributed by atoms with E-state index < -0.39 is 6.55 Å². The van der Waals surface area contributed by atoms with Crippen LogP contribution >= 0.6 is 23.2 Å². The van der Waals surface area contributed by atoms with Gasteiger partial charge in [0, 0.05) is 29.0 Å². The maximum atomic E-state index is 12.9. The van der Waals surface area contributed by atoms with Gasteiger partial charge in [-0.2, -0.15) is 8.78 Å². The van der Waals surface area contributed by atoms with Crippen molar-refractivity contribution in [2.75, 3.05) is 6.54 Å². The highest BCUT2D eigenvalue weighted by molar-refractivity contribution is 6.35. The molecule has 2 N–H and O–H groups in total. The zero-order valence-electron chi connectivity index (χ0n) is 13.8. The number of guanidine groups is 1. The van der Waals surface area contributed by atoms with E-state index in [4.69, 9.17) is 23.2 Å². The van der Waals surface area contributed by atoms with Gasteiger partial charge in [-0.15, -0.1) is 0 Å². The molecule has 0 saturated carbocycles. The molecule has 1 aromatic heterocycles. The lowest BCUT2D eigenvalue weighted by Gasteiger charge is -2.19. The molecular weight excluding hydrogens is 371 g/mol. The van der Waals surface area contributed by atoms with Crippen LogP contribution < -0.4 is 10.6 Å². The topological polar surface area (TPSA) is 54.2 Å². The number of benzene rings is 1. The van der Waals surface area contributed by atoms with Crippen molar-refractivity contribution in [2.24, 2.45) is 4.99 Å². The van der Waals surface area contributed by atoms with Gasteiger partial charge in [0.15, 0.2) is 5.96 Å². The molecule has 0 radical (unpaired) electrons. The van der Waals surface area contributed by atoms with E-state index in [1.165, 1.54) is 12.4 Å². The van der Waals surface area contributed by atoms with Gasteiger partial charge in [0.2, 0.25) is 0 Å². The van der Waals surface area contributed by atoms with Crippen LogP contribution in [-0.4, -0.2) is 22.1 Å². The Morgan fingerprint density at radius 2 is 2.12 bits per heavy atom. The number of nitrogens with one attached hydrogen (secondary N) is 2. The number of alkyl halides is 2. The average molecular weight is 390 g/mol. The molecule has 2 rings (SSSR count). The summed E-state index contributed by atoms with van der Waals surface area (Å²) in [5, 5.41) is 7.36. The van der Waals surface area contributed by atoms with E-state index in [0.29, 0.717) is 22.5 Å². The molecule has 25 heavy (non-hydrogen) atoms. The summed E-state index contributed by atoms with van der Waals surface area (Å²) in [6.07, 6.45) is 2.56. The first kappa shape index (κ1) is 19.5. The maximum absolute atomic E-state index is 12.9. The Labute approximate surface area is 155 Å². The second-order valence-corrected chi connectivity index (χ2v) is 6.10. The van der Waals surface area contributed by atoms with Crippen molar-refractivity contribution in [3.8, 4) is 0 Å². The minimum Gasteiger partial charge on any atom is -0.357 e. The summed E-state index contributed by atoms with van der Waals surface area (Å²) in [6, 6.07) is 5.09. The van der Waals surface area contributed by atoms with Crippen LogP contribution in [0.25, 0.3) is 0 Å². The maximum Gasteiger partial charge on any atom is 0.319 e. The molecule has 1 heterocycles. The van der Waals surface area contributed by atoms with Crippen molar-refractivity contribution in [1.82, 2.24) is 20.2 Å². The predicted octanol–water partition coefficient (Wildman–Crippen LogP) is 4.40. The van der Waals surface area contributed by atoms with E-state index in [0.717, 1.165) is 10.1 Å². The number of hydrogen-bond donors (Lipinski definition) is 2. The quantitative estimate of drug-likeness (QED) is 0.568. The Hall–Kier alpha value is -1.86. The first-order chi connectivity index (χ1) is 11.9. The normalized spacial score (nSPS) is 13.2. The monoisotopic (exact) mass is 389 g/mol. The lowest BCUT2D eigenvalue weighted by Crippen LogP contribution is -2.38. The summed E-state index contributed by atoms with van der Waals surface area (Å²) in [5.74, 6) is 0.661. The third-order valence-electron chi connectivity index (χ3n) is 3.46. The highest BCUT2D eigenvalue weighted by atomic mass is 35.5. The molecule has 0 amide bonds. The molecule has 0 aliphatic carbocycles. The molecule has 0 aliphatic heterocycles. The summed E-state index contributed by atoms with van der Waals surface area (Å²) in [6.45, 7) is 1.83. The Kier molecular flexibility index (Phi) is 7.01. The molecule has 5 nitrogen and oxygen atoms in total. The SMILES string of the molecule is CCNC(=NCc1nccn1C(F)F)NC(C)c1ccc(Cl)cc1Cl. The van der Waals surface area contributed by atoms with Crippen LogP contribution in [0.3, 0.4) is 0 Å². The van der Waals surface area contributed by atoms with Crippen molar-refractivity contribution in [2.45, 2.75) is 33.0 Å². The van der Waals surface area contributed by atoms with Crippen LogP contribution in [0.4, 0.5) is 8.78 Å². The standard InChI is InChI=1S/C16H19Cl2F2N5/c1-3-21-16(23-9-14-22-6-7-25(14)15(19)20)24-10(2)12-5-4-11(17)8-13(12)18/h4-8,10,15H,3,9H2,1-2H3,(H2,21,23,24). The molecule has 1 atom stereocenters. The Morgan fingerprint density at radius 3 is 2.76 bits per heavy atom. The molecule has 0 bridgehead atoms. The highest BCUT2D eigenvalue weighted by Crippen LogP contribution is 2.26. The van der Waals surface area contributed by atoms with Crippen LogP contribution in [0.1, 0.15) is 37.8 Å². The number of halogens is 4. The zero-order chi connectivity index (χ0) is 18.4. The summed E-state index contributed by atoms with van der Waals surface area (Å²) in [4.78, 5) is 8.24. The molecule has 2 aromatic rings. The zero-order valence-corrected chi connectivity index (χ0v) is 15.3. The van der Waals surface area contributed by atoms with Crippen molar-refractivity contribution in [3.05, 3.63) is 52.0 Å². The Balaban J connectivity index is 2.12. The lowest BCUT2D eigenvalue weighted by atomic mass is 10.1. The number of nitrogens with zero attached hydrogens (tertiary/aromatic N) is 3. The molecule has 1 unspecified atom stereocenters. The number of aromatic nitrogens is 2. The number of aliphatic imine (C=N–C) groups is 1. The first-order valence-electron chi connectivity index (χ1n) is 7.72. The molecule has 1 aromatic carbocycles. The van der Waals surface area contributed by atoms with Crippen LogP contribution in [-0.2, 0) is 6.54 Å². The van der Waals surface area contributed by atoms with Gasteiger partial charge in [-0.3, -0.25) is 4.57 Å². The van der Waals surface area contributed by atoms with E-state index >= 15 is 0 Å². The van der Waals surface area contributed by atoms with Gasteiger partial charge in [-0.1, -0.05) is 29.3 Å². The van der Waals surface area contributed by atoms with E-state index in [9.17, 15) is 8.78 Å². The minimum absolute atomic E-state index is 0.0216. The van der Waals surface area contributed by atoms with Gasteiger partial charge < -0.3 is 10.6 Å². The van der Waals surface area contributed by atoms with Crippen LogP contribution in [0, 0.1) is 0 Å². The molecule has 0 fully saturated rings. The fraction of sp³-hybridized carbons (Fsp3) is 0.375. The number of imidazole rings is 1. The third kappa shape index (κ3) is 5.31. The molecule has 9 heteroatoms. The van der Waals surface area contributed by atoms with Gasteiger partial charge >= 0.3 is 6.55 Å². The van der Waals surface area contributed by atoms with E-state index in [-0.39, 0.29) is 18.4 Å². The van der Waals surface area contributed by atoms with Crippen LogP contribution in [0.2, 0.25) is 10.0 Å². The van der Waals surface area contributed by atoms with Gasteiger partial charge in [-0.25, -0.2) is 9.98 Å². The summed E-state index contributed by atoms with van der Waals surface area (Å²) in [5.41, 5.74) is 0.853. The molecule has 0 saturated heterocycles. The minimum atomic E-state index is -2.64. The molecule has 0 aliphatic rings. The van der Waals surface area contributed by atoms with Crippen LogP contribution in [0.15, 0.2) is 35.6 Å². The summed E-state index contributed by atoms with van der Waals surface area (Å²) in [7, 11) is 0. The lowest BCUT2D eigenvalue weighted by molar-refractivity contribution is 0.0671. The fourth-order valence-corrected chi connectivity index (χ4v) is 2.82. The van der Waals surface area contributed by atoms with Crippen molar-refractivity contribution < 1.29 is 8.78 Å². The van der Waals surface area contributed by atoms with Crippen molar-refractivity contribution in [3.63, 3.8) is 0 Å². The molecular formula is C16H19Cl2F2N5. The smallest absolute Gasteiger partial charge is 0.319 e. The van der Waals surface area contributed by atoms with Gasteiger partial charge in [0.25, 0.3) is 0 Å². The summed E-state index contributed by atoms with van der Waals surface area (Å²) >= 11 is 12.1. The second kappa shape index (κ2) is 9.01. The second-order valence-electron chi connectivity index (χ2n) is 5.26. The largest absolute Gasteiger partial charge is 0.357 e. The third-order valence-corrected chi connectivity index (χ3v) is 4.03. The number of hydrogen-bond acceptors (Lipinski definition) is 2. The fourth-order valence-electron chi connectivity index (χ4n) is 2.25. The van der Waals surface area contributed by atoms with E-state index in [1.807, 2.05) is 19.9 Å². The van der Waals surface area contributed by atoms with Crippen LogP contribution in [0.5, 0.6) is 0 Å². The van der Waals surface area contributed by atoms with E-state index in [1.54, 1.807) is 12.1 Å². The Bertz CT molecular complexity index is 733. The van der Waals surface area contributed by atoms with Gasteiger partial charge in [0.05, 0.1) is 6.04 Å². The molecule has 136 valence electrons. The first-order valence-corrected chi connectivity index (χ1v) is 8.47. The van der Waals surface area contributed by atoms with Gasteiger partial charge in [0.1, 0.15) is 12.4 Å². The van der Waals surface area contributed by atoms with Gasteiger partial charge in [-0.05, 0) is 31.5 Å². The number of rotatable bonds is 6. The predicted molar refractivity (Wildman–Crippen MR) is 96.3 cm³/mol. The highest BCUT2D eigenvalue weighted by Gasteiger charge is 2.13. The summed E-state index contributed by atoms with van der Waals surface area (Å²) < 4.78 is 26.5. The van der Waals surface area contributed by atoms with E-state index in [2.05, 4.69) is 20.6 Å². The molecule has 0 spiro atoms. The van der Waals surface area contributed by atoms with Crippen molar-refractivity contribution in [1.29, 1.82) is 0 Å². The van der Waals surface area contributed by atoms with Crippen molar-refractivity contribution >= 4 is 29.2 Å².